The smallest absolute Gasteiger partial charge is 0.226 e. The van der Waals surface area contributed by atoms with Gasteiger partial charge >= 0.3 is 0 Å². The maximum Gasteiger partial charge on any atom is 0.226 e. The van der Waals surface area contributed by atoms with Crippen LogP contribution in [-0.4, -0.2) is 72.3 Å². The van der Waals surface area contributed by atoms with E-state index in [1.807, 2.05) is 18.0 Å². The molecule has 31 heavy (non-hydrogen) atoms. The van der Waals surface area contributed by atoms with Gasteiger partial charge in [0.2, 0.25) is 5.91 Å². The minimum atomic E-state index is -0.00729. The summed E-state index contributed by atoms with van der Waals surface area (Å²) >= 11 is 0. The van der Waals surface area contributed by atoms with Gasteiger partial charge in [-0.2, -0.15) is 0 Å². The Balaban J connectivity index is 1.47. The highest BCUT2D eigenvalue weighted by Crippen LogP contribution is 2.44. The quantitative estimate of drug-likeness (QED) is 0.482. The Labute approximate surface area is 184 Å². The van der Waals surface area contributed by atoms with Crippen LogP contribution in [0, 0.1) is 5.92 Å². The van der Waals surface area contributed by atoms with Crippen LogP contribution in [0.5, 0.6) is 0 Å². The fraction of sp³-hybridized carbons (Fsp3) is 0.520. The summed E-state index contributed by atoms with van der Waals surface area (Å²) in [6, 6.07) is 6.93. The second-order valence-electron chi connectivity index (χ2n) is 9.13. The fourth-order valence-electron chi connectivity index (χ4n) is 5.48. The average molecular weight is 423 g/mol. The molecule has 0 saturated carbocycles. The van der Waals surface area contributed by atoms with E-state index < -0.39 is 0 Å². The molecule has 2 aromatic rings. The molecule has 1 aromatic heterocycles. The fourth-order valence-corrected chi connectivity index (χ4v) is 5.48. The third kappa shape index (κ3) is 4.46. The summed E-state index contributed by atoms with van der Waals surface area (Å²) in [7, 11) is 1.91. The van der Waals surface area contributed by atoms with E-state index in [9.17, 15) is 9.59 Å². The summed E-state index contributed by atoms with van der Waals surface area (Å²) in [6.07, 6.45) is 6.88. The molecule has 2 aliphatic rings. The van der Waals surface area contributed by atoms with Crippen LogP contribution in [0.15, 0.2) is 37.1 Å². The molecule has 1 aromatic carbocycles. The molecule has 1 saturated heterocycles. The molecule has 0 radical (unpaired) electrons. The largest absolute Gasteiger partial charge is 0.361 e. The Hall–Kier alpha value is -2.44. The van der Waals surface area contributed by atoms with Crippen LogP contribution in [-0.2, 0) is 16.0 Å². The van der Waals surface area contributed by atoms with E-state index in [1.165, 1.54) is 22.0 Å². The molecule has 1 fully saturated rings. The van der Waals surface area contributed by atoms with E-state index in [-0.39, 0.29) is 17.6 Å². The maximum absolute atomic E-state index is 13.3. The van der Waals surface area contributed by atoms with Gasteiger partial charge in [0.1, 0.15) is 5.78 Å². The molecular formula is C25H34N4O2. The molecule has 2 N–H and O–H groups in total. The molecular weight excluding hydrogens is 388 g/mol. The summed E-state index contributed by atoms with van der Waals surface area (Å²) < 4.78 is 0. The molecule has 0 bridgehead atoms. The molecule has 2 unspecified atom stereocenters. The summed E-state index contributed by atoms with van der Waals surface area (Å²) in [5.41, 5.74) is 3.97. The molecule has 1 aliphatic carbocycles. The second kappa shape index (κ2) is 9.37. The Bertz CT molecular complexity index is 966. The number of aromatic amines is 1. The number of piperidine rings is 1. The van der Waals surface area contributed by atoms with Gasteiger partial charge in [0.15, 0.2) is 0 Å². The topological polar surface area (TPSA) is 68.4 Å². The van der Waals surface area contributed by atoms with Crippen molar-refractivity contribution in [2.24, 2.45) is 5.92 Å². The molecule has 1 amide bonds. The van der Waals surface area contributed by atoms with Crippen molar-refractivity contribution in [1.29, 1.82) is 0 Å². The molecule has 2 heterocycles. The summed E-state index contributed by atoms with van der Waals surface area (Å²) in [4.78, 5) is 32.1. The monoisotopic (exact) mass is 422 g/mol. The third-order valence-electron chi connectivity index (χ3n) is 6.89. The van der Waals surface area contributed by atoms with Crippen LogP contribution < -0.4 is 5.32 Å². The first-order valence-corrected chi connectivity index (χ1v) is 11.4. The number of carbonyl (C=O) groups is 2. The Morgan fingerprint density at radius 3 is 3.00 bits per heavy atom. The molecule has 3 atom stereocenters. The number of amides is 1. The number of ketones is 1. The number of aromatic nitrogens is 1. The van der Waals surface area contributed by atoms with Gasteiger partial charge in [0, 0.05) is 55.7 Å². The van der Waals surface area contributed by atoms with Gasteiger partial charge < -0.3 is 15.2 Å². The summed E-state index contributed by atoms with van der Waals surface area (Å²) in [6.45, 7) is 8.98. The van der Waals surface area contributed by atoms with Gasteiger partial charge in [-0.3, -0.25) is 14.5 Å². The number of nitrogens with one attached hydrogen (secondary N) is 2. The zero-order chi connectivity index (χ0) is 22.0. The predicted molar refractivity (Wildman–Crippen MR) is 124 cm³/mol. The zero-order valence-corrected chi connectivity index (χ0v) is 18.7. The molecule has 0 spiro atoms. The molecule has 1 aliphatic heterocycles. The van der Waals surface area contributed by atoms with Crippen LogP contribution in [0.4, 0.5) is 0 Å². The highest BCUT2D eigenvalue weighted by atomic mass is 16.2. The van der Waals surface area contributed by atoms with Crippen molar-refractivity contribution in [3.05, 3.63) is 48.2 Å². The van der Waals surface area contributed by atoms with Gasteiger partial charge in [0.25, 0.3) is 0 Å². The van der Waals surface area contributed by atoms with E-state index in [0.29, 0.717) is 25.0 Å². The third-order valence-corrected chi connectivity index (χ3v) is 6.89. The molecule has 166 valence electrons. The van der Waals surface area contributed by atoms with Crippen molar-refractivity contribution in [2.75, 3.05) is 39.8 Å². The predicted octanol–water partition coefficient (Wildman–Crippen LogP) is 2.71. The Morgan fingerprint density at radius 2 is 2.23 bits per heavy atom. The number of nitrogens with zero attached hydrogens (tertiary/aromatic N) is 2. The van der Waals surface area contributed by atoms with Crippen LogP contribution >= 0.6 is 0 Å². The van der Waals surface area contributed by atoms with E-state index in [2.05, 4.69) is 46.2 Å². The summed E-state index contributed by atoms with van der Waals surface area (Å²) in [5.74, 6) is 0.718. The number of H-pyrrole nitrogens is 1. The number of Topliss-reactive ketones (excluding diaryl/α,β-unsaturated/α-hetero) is 1. The first kappa shape index (κ1) is 21.8. The van der Waals surface area contributed by atoms with Crippen molar-refractivity contribution in [1.82, 2.24) is 20.1 Å². The second-order valence-corrected chi connectivity index (χ2v) is 9.13. The van der Waals surface area contributed by atoms with Crippen LogP contribution in [0.25, 0.3) is 10.9 Å². The van der Waals surface area contributed by atoms with E-state index >= 15 is 0 Å². The first-order chi connectivity index (χ1) is 15.0. The van der Waals surface area contributed by atoms with E-state index in [1.54, 1.807) is 6.92 Å². The zero-order valence-electron chi connectivity index (χ0n) is 18.7. The maximum atomic E-state index is 13.3. The van der Waals surface area contributed by atoms with Crippen LogP contribution in [0.3, 0.4) is 0 Å². The highest BCUT2D eigenvalue weighted by molar-refractivity contribution is 5.88. The van der Waals surface area contributed by atoms with E-state index in [4.69, 9.17) is 0 Å². The number of hydrogen-bond donors (Lipinski definition) is 2. The highest BCUT2D eigenvalue weighted by Gasteiger charge is 2.42. The minimum absolute atomic E-state index is 0.00729. The van der Waals surface area contributed by atoms with Crippen molar-refractivity contribution in [3.63, 3.8) is 0 Å². The standard InChI is InChI=1S/C25H34N4O2/c1-4-10-29-16-19(25(31)28(3)11-6-9-26-14-17(2)30)12-21-20-7-5-8-22-24(20)18(15-27-22)13-23(21)29/h4-5,7-8,15,19,21,23,26-27H,1,6,9-14,16H2,2-3H3/t19-,21?,23?/m1/s1. The number of hydrogen-bond acceptors (Lipinski definition) is 4. The number of fused-ring (bicyclic) bond motifs is 2. The molecule has 6 heteroatoms. The van der Waals surface area contributed by atoms with E-state index in [0.717, 1.165) is 38.9 Å². The van der Waals surface area contributed by atoms with Gasteiger partial charge in [-0.1, -0.05) is 18.2 Å². The molecule has 6 nitrogen and oxygen atoms in total. The van der Waals surface area contributed by atoms with Crippen molar-refractivity contribution >= 4 is 22.6 Å². The lowest BCUT2D eigenvalue weighted by Gasteiger charge is -2.47. The number of likely N-dealkylation sites (tertiary alicyclic amines) is 1. The normalized spacial score (nSPS) is 22.8. The lowest BCUT2D eigenvalue weighted by Crippen LogP contribution is -2.53. The van der Waals surface area contributed by atoms with Crippen molar-refractivity contribution in [2.45, 2.75) is 38.1 Å². The average Bonchev–Trinajstić information content (AvgIpc) is 3.17. The first-order valence-electron chi connectivity index (χ1n) is 11.4. The number of rotatable bonds is 9. The Morgan fingerprint density at radius 1 is 1.39 bits per heavy atom. The van der Waals surface area contributed by atoms with Crippen LogP contribution in [0.2, 0.25) is 0 Å². The number of carbonyl (C=O) groups excluding carboxylic acids is 2. The van der Waals surface area contributed by atoms with Crippen molar-refractivity contribution in [3.8, 4) is 0 Å². The lowest BCUT2D eigenvalue weighted by atomic mass is 9.72. The molecule has 4 rings (SSSR count). The van der Waals surface area contributed by atoms with Crippen molar-refractivity contribution < 1.29 is 9.59 Å². The lowest BCUT2D eigenvalue weighted by molar-refractivity contribution is -0.137. The Kier molecular flexibility index (Phi) is 6.58. The van der Waals surface area contributed by atoms with Crippen LogP contribution in [0.1, 0.15) is 36.8 Å². The minimum Gasteiger partial charge on any atom is -0.361 e. The van der Waals surface area contributed by atoms with Gasteiger partial charge in [0.05, 0.1) is 12.5 Å². The SMILES string of the molecule is C=CCN1C[C@H](C(=O)N(C)CCCNCC(C)=O)CC2c3cccc4[nH]cc(c34)CC21. The van der Waals surface area contributed by atoms with Gasteiger partial charge in [-0.15, -0.1) is 6.58 Å². The summed E-state index contributed by atoms with van der Waals surface area (Å²) in [5, 5.41) is 4.49. The number of benzene rings is 1. The van der Waals surface area contributed by atoms with Gasteiger partial charge in [-0.25, -0.2) is 0 Å². The van der Waals surface area contributed by atoms with Gasteiger partial charge in [-0.05, 0) is 49.9 Å².